The summed E-state index contributed by atoms with van der Waals surface area (Å²) < 4.78 is 13.9. The molecule has 0 bridgehead atoms. The zero-order chi connectivity index (χ0) is 13.8. The molecule has 0 saturated heterocycles. The molecule has 100 valence electrons. The summed E-state index contributed by atoms with van der Waals surface area (Å²) in [6.07, 6.45) is 0. The van der Waals surface area contributed by atoms with Crippen molar-refractivity contribution in [3.05, 3.63) is 65.0 Å². The topological polar surface area (TPSA) is 26.0 Å². The number of benzene rings is 2. The van der Waals surface area contributed by atoms with Crippen LogP contribution in [0.2, 0.25) is 0 Å². The van der Waals surface area contributed by atoms with Gasteiger partial charge >= 0.3 is 0 Å². The number of aryl methyl sites for hydroxylation is 1. The van der Waals surface area contributed by atoms with E-state index in [0.29, 0.717) is 4.90 Å². The molecule has 0 saturated carbocycles. The number of hydrogen-bond acceptors (Lipinski definition) is 2. The van der Waals surface area contributed by atoms with Gasteiger partial charge in [0.1, 0.15) is 5.82 Å². The zero-order valence-corrected chi connectivity index (χ0v) is 12.0. The lowest BCUT2D eigenvalue weighted by Crippen LogP contribution is -2.05. The Kier molecular flexibility index (Phi) is 4.61. The summed E-state index contributed by atoms with van der Waals surface area (Å²) in [5, 5.41) is 0. The van der Waals surface area contributed by atoms with E-state index in [4.69, 9.17) is 5.73 Å². The number of thioether (sulfide) groups is 1. The highest BCUT2D eigenvalue weighted by molar-refractivity contribution is 7.98. The summed E-state index contributed by atoms with van der Waals surface area (Å²) in [5.74, 6) is 0.586. The Labute approximate surface area is 118 Å². The Hall–Kier alpha value is -1.32. The first-order valence-electron chi connectivity index (χ1n) is 6.29. The van der Waals surface area contributed by atoms with E-state index in [-0.39, 0.29) is 11.9 Å². The Morgan fingerprint density at radius 1 is 1.21 bits per heavy atom. The standard InChI is InChI=1S/C16H18FNS/c1-11-4-3-5-13(8-11)10-19-16-7-6-14(12(2)18)9-15(16)17/h3-9,12H,10,18H2,1-2H3/t12-/m0/s1. The third kappa shape index (κ3) is 3.82. The van der Waals surface area contributed by atoms with Gasteiger partial charge in [0.05, 0.1) is 0 Å². The summed E-state index contributed by atoms with van der Waals surface area (Å²) in [4.78, 5) is 0.672. The van der Waals surface area contributed by atoms with Crippen LogP contribution >= 0.6 is 11.8 Å². The molecule has 2 aromatic rings. The van der Waals surface area contributed by atoms with Crippen LogP contribution in [0.1, 0.15) is 29.7 Å². The minimum atomic E-state index is -0.188. The third-order valence-electron chi connectivity index (χ3n) is 2.96. The second kappa shape index (κ2) is 6.22. The molecule has 0 fully saturated rings. The molecule has 0 aliphatic heterocycles. The molecular weight excluding hydrogens is 257 g/mol. The van der Waals surface area contributed by atoms with Gasteiger partial charge in [0, 0.05) is 16.7 Å². The zero-order valence-electron chi connectivity index (χ0n) is 11.2. The van der Waals surface area contributed by atoms with Crippen molar-refractivity contribution in [3.63, 3.8) is 0 Å². The maximum atomic E-state index is 13.9. The van der Waals surface area contributed by atoms with Crippen molar-refractivity contribution in [1.82, 2.24) is 0 Å². The van der Waals surface area contributed by atoms with Crippen molar-refractivity contribution >= 4 is 11.8 Å². The molecule has 0 aliphatic carbocycles. The number of halogens is 1. The molecule has 0 unspecified atom stereocenters. The molecule has 3 heteroatoms. The largest absolute Gasteiger partial charge is 0.324 e. The van der Waals surface area contributed by atoms with E-state index < -0.39 is 0 Å². The highest BCUT2D eigenvalue weighted by Gasteiger charge is 2.07. The van der Waals surface area contributed by atoms with Crippen LogP contribution in [0.15, 0.2) is 47.4 Å². The first-order valence-corrected chi connectivity index (χ1v) is 7.28. The Morgan fingerprint density at radius 3 is 2.63 bits per heavy atom. The minimum absolute atomic E-state index is 0.134. The Balaban J connectivity index is 2.07. The van der Waals surface area contributed by atoms with Crippen LogP contribution in [-0.2, 0) is 5.75 Å². The molecule has 1 atom stereocenters. The predicted octanol–water partition coefficient (Wildman–Crippen LogP) is 4.45. The Morgan fingerprint density at radius 2 is 2.00 bits per heavy atom. The van der Waals surface area contributed by atoms with E-state index in [2.05, 4.69) is 25.1 Å². The van der Waals surface area contributed by atoms with Crippen molar-refractivity contribution < 1.29 is 4.39 Å². The third-order valence-corrected chi connectivity index (χ3v) is 4.08. The van der Waals surface area contributed by atoms with Crippen LogP contribution in [0, 0.1) is 12.7 Å². The van der Waals surface area contributed by atoms with Crippen LogP contribution in [0.25, 0.3) is 0 Å². The molecule has 0 radical (unpaired) electrons. The second-order valence-electron chi connectivity index (χ2n) is 4.76. The van der Waals surface area contributed by atoms with Crippen molar-refractivity contribution in [3.8, 4) is 0 Å². The summed E-state index contributed by atoms with van der Waals surface area (Å²) >= 11 is 1.51. The first-order chi connectivity index (χ1) is 9.06. The van der Waals surface area contributed by atoms with Crippen molar-refractivity contribution in [2.45, 2.75) is 30.5 Å². The number of nitrogens with two attached hydrogens (primary N) is 1. The van der Waals surface area contributed by atoms with E-state index in [1.165, 1.54) is 29.0 Å². The van der Waals surface area contributed by atoms with Gasteiger partial charge < -0.3 is 5.73 Å². The fourth-order valence-electron chi connectivity index (χ4n) is 1.88. The summed E-state index contributed by atoms with van der Waals surface area (Å²) in [7, 11) is 0. The molecule has 0 heterocycles. The molecule has 2 aromatic carbocycles. The van der Waals surface area contributed by atoms with Crippen LogP contribution < -0.4 is 5.73 Å². The lowest BCUT2D eigenvalue weighted by Gasteiger charge is -2.09. The molecule has 0 aromatic heterocycles. The van der Waals surface area contributed by atoms with Gasteiger partial charge in [0.2, 0.25) is 0 Å². The normalized spacial score (nSPS) is 12.4. The van der Waals surface area contributed by atoms with Gasteiger partial charge in [-0.3, -0.25) is 0 Å². The van der Waals surface area contributed by atoms with Gasteiger partial charge in [0.15, 0.2) is 0 Å². The van der Waals surface area contributed by atoms with E-state index in [0.717, 1.165) is 11.3 Å². The summed E-state index contributed by atoms with van der Waals surface area (Å²) in [5.41, 5.74) is 9.01. The Bertz CT molecular complexity index is 566. The van der Waals surface area contributed by atoms with Gasteiger partial charge in [-0.1, -0.05) is 35.9 Å². The van der Waals surface area contributed by atoms with Crippen molar-refractivity contribution in [2.24, 2.45) is 5.73 Å². The molecule has 0 amide bonds. The second-order valence-corrected chi connectivity index (χ2v) is 5.77. The van der Waals surface area contributed by atoms with Gasteiger partial charge in [-0.2, -0.15) is 0 Å². The summed E-state index contributed by atoms with van der Waals surface area (Å²) in [6, 6.07) is 13.4. The van der Waals surface area contributed by atoms with Crippen molar-refractivity contribution in [2.75, 3.05) is 0 Å². The molecule has 2 N–H and O–H groups in total. The molecule has 0 spiro atoms. The van der Waals surface area contributed by atoms with Gasteiger partial charge in [-0.25, -0.2) is 4.39 Å². The van der Waals surface area contributed by atoms with Crippen molar-refractivity contribution in [1.29, 1.82) is 0 Å². The lowest BCUT2D eigenvalue weighted by molar-refractivity contribution is 0.596. The molecule has 2 rings (SSSR count). The van der Waals surface area contributed by atoms with Gasteiger partial charge in [-0.05, 0) is 37.1 Å². The average molecular weight is 275 g/mol. The fourth-order valence-corrected chi connectivity index (χ4v) is 2.74. The van der Waals surface area contributed by atoms with Crippen LogP contribution in [0.5, 0.6) is 0 Å². The van der Waals surface area contributed by atoms with Crippen LogP contribution in [0.4, 0.5) is 4.39 Å². The molecule has 19 heavy (non-hydrogen) atoms. The molecular formula is C16H18FNS. The van der Waals surface area contributed by atoms with E-state index in [1.54, 1.807) is 0 Å². The predicted molar refractivity (Wildman–Crippen MR) is 79.7 cm³/mol. The minimum Gasteiger partial charge on any atom is -0.324 e. The van der Waals surface area contributed by atoms with E-state index in [1.807, 2.05) is 25.1 Å². The lowest BCUT2D eigenvalue weighted by atomic mass is 10.1. The quantitative estimate of drug-likeness (QED) is 0.834. The van der Waals surface area contributed by atoms with E-state index >= 15 is 0 Å². The van der Waals surface area contributed by atoms with Gasteiger partial charge in [-0.15, -0.1) is 11.8 Å². The summed E-state index contributed by atoms with van der Waals surface area (Å²) in [6.45, 7) is 3.92. The highest BCUT2D eigenvalue weighted by Crippen LogP contribution is 2.27. The number of hydrogen-bond donors (Lipinski definition) is 1. The monoisotopic (exact) mass is 275 g/mol. The van der Waals surface area contributed by atoms with E-state index in [9.17, 15) is 4.39 Å². The SMILES string of the molecule is Cc1cccc(CSc2ccc([C@H](C)N)cc2F)c1. The first kappa shape index (κ1) is 14.1. The van der Waals surface area contributed by atoms with Crippen LogP contribution in [0.3, 0.4) is 0 Å². The molecule has 0 aliphatic rings. The van der Waals surface area contributed by atoms with Gasteiger partial charge in [0.25, 0.3) is 0 Å². The number of rotatable bonds is 4. The molecule has 1 nitrogen and oxygen atoms in total. The fraction of sp³-hybridized carbons (Fsp3) is 0.250. The maximum Gasteiger partial charge on any atom is 0.137 e. The smallest absolute Gasteiger partial charge is 0.137 e. The average Bonchev–Trinajstić information content (AvgIpc) is 2.37. The highest BCUT2D eigenvalue weighted by atomic mass is 32.2. The maximum absolute atomic E-state index is 13.9. The van der Waals surface area contributed by atoms with Crippen LogP contribution in [-0.4, -0.2) is 0 Å².